The van der Waals surface area contributed by atoms with Crippen LogP contribution in [0.1, 0.15) is 20.8 Å². The van der Waals surface area contributed by atoms with E-state index < -0.39 is 17.5 Å². The van der Waals surface area contributed by atoms with Gasteiger partial charge in [0.1, 0.15) is 11.6 Å². The molecule has 0 aromatic carbocycles. The van der Waals surface area contributed by atoms with E-state index in [4.69, 9.17) is 5.84 Å². The maximum Gasteiger partial charge on any atom is 0.256 e. The van der Waals surface area contributed by atoms with Crippen molar-refractivity contribution < 1.29 is 9.59 Å². The quantitative estimate of drug-likeness (QED) is 0.274. The van der Waals surface area contributed by atoms with Gasteiger partial charge in [0.2, 0.25) is 5.91 Å². The minimum atomic E-state index is -0.622. The fourth-order valence-electron chi connectivity index (χ4n) is 2.26. The second-order valence-electron chi connectivity index (χ2n) is 4.40. The van der Waals surface area contributed by atoms with Gasteiger partial charge < -0.3 is 10.6 Å². The molecule has 1 aliphatic rings. The van der Waals surface area contributed by atoms with Crippen LogP contribution in [0.3, 0.4) is 0 Å². The van der Waals surface area contributed by atoms with Gasteiger partial charge in [0, 0.05) is 0 Å². The highest BCUT2D eigenvalue weighted by atomic mass is 16.2. The van der Waals surface area contributed by atoms with Crippen molar-refractivity contribution in [2.45, 2.75) is 32.4 Å². The predicted octanol–water partition coefficient (Wildman–Crippen LogP) is -1.27. The third kappa shape index (κ3) is 1.78. The molecule has 1 fully saturated rings. The highest BCUT2D eigenvalue weighted by Crippen LogP contribution is 2.49. The van der Waals surface area contributed by atoms with E-state index in [1.165, 1.54) is 0 Å². The number of likely N-dealkylation sites (N-methyl/N-ethyl adjacent to an activating group) is 1. The summed E-state index contributed by atoms with van der Waals surface area (Å²) in [7, 11) is 1.76. The molecule has 1 rings (SSSR count). The molecule has 0 saturated heterocycles. The van der Waals surface area contributed by atoms with Crippen LogP contribution in [0.2, 0.25) is 0 Å². The summed E-state index contributed by atoms with van der Waals surface area (Å²) in [5.41, 5.74) is 1.47. The van der Waals surface area contributed by atoms with Crippen LogP contribution in [0.5, 0.6) is 0 Å². The van der Waals surface area contributed by atoms with Gasteiger partial charge in [-0.1, -0.05) is 13.8 Å². The molecule has 16 heavy (non-hydrogen) atoms. The van der Waals surface area contributed by atoms with E-state index in [9.17, 15) is 9.59 Å². The van der Waals surface area contributed by atoms with Crippen molar-refractivity contribution >= 4 is 11.8 Å². The minimum absolute atomic E-state index is 0.147. The lowest BCUT2D eigenvalue weighted by atomic mass is 10.1. The van der Waals surface area contributed by atoms with Crippen molar-refractivity contribution in [3.63, 3.8) is 0 Å². The Hall–Kier alpha value is -1.14. The zero-order valence-corrected chi connectivity index (χ0v) is 10.1. The van der Waals surface area contributed by atoms with Gasteiger partial charge in [-0.15, -0.1) is 0 Å². The van der Waals surface area contributed by atoms with Gasteiger partial charge in [-0.05, 0) is 25.8 Å². The molecule has 0 aromatic rings. The number of hydrogen-bond donors (Lipinski definition) is 4. The Morgan fingerprint density at radius 2 is 1.81 bits per heavy atom. The van der Waals surface area contributed by atoms with Gasteiger partial charge in [-0.25, -0.2) is 5.84 Å². The molecule has 1 aliphatic carbocycles. The summed E-state index contributed by atoms with van der Waals surface area (Å²) in [6.45, 7) is 5.62. The molecule has 3 atom stereocenters. The Balaban J connectivity index is 2.63. The molecule has 0 radical (unpaired) electrons. The van der Waals surface area contributed by atoms with Crippen molar-refractivity contribution in [1.29, 1.82) is 0 Å². The summed E-state index contributed by atoms with van der Waals surface area (Å²) in [6, 6.07) is -0.622. The summed E-state index contributed by atoms with van der Waals surface area (Å²) in [4.78, 5) is 23.2. The first-order valence-electron chi connectivity index (χ1n) is 5.42. The molecule has 0 spiro atoms. The normalized spacial score (nSPS) is 34.1. The van der Waals surface area contributed by atoms with E-state index in [1.54, 1.807) is 14.0 Å². The number of nitrogens with one attached hydrogen (secondary N) is 3. The fraction of sp³-hybridized carbons (Fsp3) is 0.800. The topological polar surface area (TPSA) is 96.2 Å². The molecular formula is C10H20N4O2. The van der Waals surface area contributed by atoms with Crippen molar-refractivity contribution in [3.05, 3.63) is 0 Å². The zero-order valence-electron chi connectivity index (χ0n) is 10.1. The fourth-order valence-corrected chi connectivity index (χ4v) is 2.26. The van der Waals surface area contributed by atoms with Gasteiger partial charge in [0.05, 0.1) is 0 Å². The van der Waals surface area contributed by atoms with Crippen molar-refractivity contribution in [2.75, 3.05) is 7.05 Å². The summed E-state index contributed by atoms with van der Waals surface area (Å²) >= 11 is 0. The smallest absolute Gasteiger partial charge is 0.256 e. The molecule has 5 N–H and O–H groups in total. The first-order chi connectivity index (χ1) is 7.41. The number of amides is 2. The molecule has 1 saturated carbocycles. The molecule has 2 amide bonds. The van der Waals surface area contributed by atoms with Crippen LogP contribution in [-0.2, 0) is 9.59 Å². The number of rotatable bonds is 4. The van der Waals surface area contributed by atoms with Crippen molar-refractivity contribution in [2.24, 2.45) is 17.7 Å². The van der Waals surface area contributed by atoms with E-state index in [0.717, 1.165) is 0 Å². The zero-order chi connectivity index (χ0) is 12.5. The highest BCUT2D eigenvalue weighted by molar-refractivity contribution is 5.94. The second-order valence-corrected chi connectivity index (χ2v) is 4.40. The predicted molar refractivity (Wildman–Crippen MR) is 60.1 cm³/mol. The molecule has 6 heteroatoms. The minimum Gasteiger partial charge on any atom is -0.343 e. The van der Waals surface area contributed by atoms with Crippen molar-refractivity contribution in [3.8, 4) is 0 Å². The Morgan fingerprint density at radius 1 is 1.31 bits per heavy atom. The molecule has 0 aromatic heterocycles. The summed E-state index contributed by atoms with van der Waals surface area (Å²) in [5.74, 6) is 4.98. The lowest BCUT2D eigenvalue weighted by Crippen LogP contribution is -2.54. The van der Waals surface area contributed by atoms with Crippen LogP contribution >= 0.6 is 0 Å². The maximum absolute atomic E-state index is 12.0. The monoisotopic (exact) mass is 228 g/mol. The number of nitrogens with two attached hydrogens (primary N) is 1. The summed E-state index contributed by atoms with van der Waals surface area (Å²) in [5, 5.41) is 5.69. The van der Waals surface area contributed by atoms with Crippen LogP contribution in [0.4, 0.5) is 0 Å². The van der Waals surface area contributed by atoms with Crippen LogP contribution in [0.25, 0.3) is 0 Å². The third-order valence-corrected chi connectivity index (χ3v) is 3.75. The molecular weight excluding hydrogens is 208 g/mol. The molecule has 92 valence electrons. The molecule has 0 heterocycles. The SMILES string of the molecule is CNC1(C(=O)N[C@@H](C)C(=O)NN)C(C)C1C. The average Bonchev–Trinajstić information content (AvgIpc) is 2.81. The van der Waals surface area contributed by atoms with E-state index in [-0.39, 0.29) is 17.7 Å². The second kappa shape index (κ2) is 4.39. The summed E-state index contributed by atoms with van der Waals surface area (Å²) < 4.78 is 0. The first kappa shape index (κ1) is 12.9. The maximum atomic E-state index is 12.0. The molecule has 6 nitrogen and oxygen atoms in total. The van der Waals surface area contributed by atoms with Gasteiger partial charge >= 0.3 is 0 Å². The van der Waals surface area contributed by atoms with Gasteiger partial charge in [0.15, 0.2) is 0 Å². The lowest BCUT2D eigenvalue weighted by Gasteiger charge is -2.19. The van der Waals surface area contributed by atoms with E-state index in [1.807, 2.05) is 19.3 Å². The largest absolute Gasteiger partial charge is 0.343 e. The highest BCUT2D eigenvalue weighted by Gasteiger charge is 2.63. The lowest BCUT2D eigenvalue weighted by molar-refractivity contribution is -0.130. The van der Waals surface area contributed by atoms with Gasteiger partial charge in [-0.2, -0.15) is 0 Å². The average molecular weight is 228 g/mol. The van der Waals surface area contributed by atoms with Crippen LogP contribution < -0.4 is 21.9 Å². The number of carbonyl (C=O) groups is 2. The van der Waals surface area contributed by atoms with Crippen LogP contribution in [0.15, 0.2) is 0 Å². The number of carbonyl (C=O) groups excluding carboxylic acids is 2. The van der Waals surface area contributed by atoms with Gasteiger partial charge in [-0.3, -0.25) is 15.0 Å². The Morgan fingerprint density at radius 3 is 2.12 bits per heavy atom. The number of hydrazine groups is 1. The van der Waals surface area contributed by atoms with E-state index >= 15 is 0 Å². The Bertz CT molecular complexity index is 297. The summed E-state index contributed by atoms with van der Waals surface area (Å²) in [6.07, 6.45) is 0. The third-order valence-electron chi connectivity index (χ3n) is 3.75. The molecule has 0 bridgehead atoms. The van der Waals surface area contributed by atoms with Gasteiger partial charge in [0.25, 0.3) is 5.91 Å². The molecule has 0 aliphatic heterocycles. The number of hydrogen-bond acceptors (Lipinski definition) is 4. The van der Waals surface area contributed by atoms with Crippen molar-refractivity contribution in [1.82, 2.24) is 16.1 Å². The molecule has 2 unspecified atom stereocenters. The first-order valence-corrected chi connectivity index (χ1v) is 5.42. The standard InChI is InChI=1S/C10H20N4O2/c1-5-6(2)10(5,12-4)9(16)13-7(3)8(15)14-11/h5-7,12H,11H2,1-4H3,(H,13,16)(H,14,15)/t5?,6?,7-,10?/m0/s1. The van der Waals surface area contributed by atoms with E-state index in [2.05, 4.69) is 10.6 Å². The van der Waals surface area contributed by atoms with Crippen LogP contribution in [-0.4, -0.2) is 30.4 Å². The van der Waals surface area contributed by atoms with Crippen LogP contribution in [0, 0.1) is 11.8 Å². The Kier molecular flexibility index (Phi) is 3.54. The van der Waals surface area contributed by atoms with E-state index in [0.29, 0.717) is 0 Å². The Labute approximate surface area is 95.3 Å².